The van der Waals surface area contributed by atoms with E-state index < -0.39 is 15.6 Å². The van der Waals surface area contributed by atoms with E-state index in [1.54, 1.807) is 0 Å². The van der Waals surface area contributed by atoms with Crippen molar-refractivity contribution in [3.63, 3.8) is 0 Å². The van der Waals surface area contributed by atoms with Gasteiger partial charge in [-0.3, -0.25) is 0 Å². The van der Waals surface area contributed by atoms with E-state index in [0.29, 0.717) is 23.4 Å². The first-order valence-corrected chi connectivity index (χ1v) is 7.25. The van der Waals surface area contributed by atoms with Crippen LogP contribution in [0.3, 0.4) is 0 Å². The highest BCUT2D eigenvalue weighted by molar-refractivity contribution is 7.88. The molecule has 0 bridgehead atoms. The van der Waals surface area contributed by atoms with Gasteiger partial charge in [0.2, 0.25) is 0 Å². The molecule has 0 saturated heterocycles. The minimum absolute atomic E-state index is 0.308. The number of aryl methyl sites for hydroxylation is 1. The molecule has 0 radical (unpaired) electrons. The lowest BCUT2D eigenvalue weighted by atomic mass is 10.1. The van der Waals surface area contributed by atoms with E-state index in [9.17, 15) is 21.6 Å². The third kappa shape index (κ3) is 4.28. The van der Waals surface area contributed by atoms with Gasteiger partial charge in [0, 0.05) is 5.02 Å². The molecule has 1 aromatic rings. The number of benzene rings is 1. The number of alkyl halides is 3. The largest absolute Gasteiger partial charge is 0.534 e. The molecule has 1 rings (SSSR count). The predicted octanol–water partition coefficient (Wildman–Crippen LogP) is 3.91. The summed E-state index contributed by atoms with van der Waals surface area (Å²) in [5.41, 5.74) is -5.11. The first-order valence-electron chi connectivity index (χ1n) is 5.46. The van der Waals surface area contributed by atoms with Crippen LogP contribution in [-0.4, -0.2) is 13.9 Å². The average Bonchev–Trinajstić information content (AvgIpc) is 2.27. The van der Waals surface area contributed by atoms with Gasteiger partial charge in [0.1, 0.15) is 5.75 Å². The van der Waals surface area contributed by atoms with Crippen molar-refractivity contribution in [3.05, 3.63) is 28.8 Å². The molecule has 0 atom stereocenters. The summed E-state index contributed by atoms with van der Waals surface area (Å²) in [4.78, 5) is 0. The molecule has 108 valence electrons. The zero-order valence-corrected chi connectivity index (χ0v) is 11.6. The van der Waals surface area contributed by atoms with Crippen LogP contribution in [0, 0.1) is 0 Å². The molecule has 0 aliphatic heterocycles. The van der Waals surface area contributed by atoms with Crippen LogP contribution in [0.2, 0.25) is 5.02 Å². The fourth-order valence-corrected chi connectivity index (χ4v) is 2.05. The van der Waals surface area contributed by atoms with Crippen LogP contribution in [0.5, 0.6) is 5.75 Å². The molecule has 8 heteroatoms. The van der Waals surface area contributed by atoms with E-state index >= 15 is 0 Å². The number of hydrogen-bond donors (Lipinski definition) is 0. The maximum Gasteiger partial charge on any atom is 0.534 e. The molecule has 0 spiro atoms. The summed E-state index contributed by atoms with van der Waals surface area (Å²) < 4.78 is 62.8. The summed E-state index contributed by atoms with van der Waals surface area (Å²) in [6.07, 6.45) is 1.88. The molecule has 0 N–H and O–H groups in total. The Morgan fingerprint density at radius 2 is 1.95 bits per heavy atom. The van der Waals surface area contributed by atoms with Gasteiger partial charge < -0.3 is 4.18 Å². The summed E-state index contributed by atoms with van der Waals surface area (Å²) >= 11 is 5.73. The first kappa shape index (κ1) is 16.1. The standard InChI is InChI=1S/C11H12ClF3O3S/c1-2-3-4-8-7-9(12)5-6-10(8)18-19(16,17)11(13,14)15/h5-7H,2-4H2,1H3. The predicted molar refractivity (Wildman–Crippen MR) is 65.7 cm³/mol. The highest BCUT2D eigenvalue weighted by atomic mass is 35.5. The maximum atomic E-state index is 12.2. The zero-order valence-electron chi connectivity index (χ0n) is 10.00. The monoisotopic (exact) mass is 316 g/mol. The van der Waals surface area contributed by atoms with Crippen molar-refractivity contribution in [2.75, 3.05) is 0 Å². The SMILES string of the molecule is CCCCc1cc(Cl)ccc1OS(=O)(=O)C(F)(F)F. The maximum absolute atomic E-state index is 12.2. The Balaban J connectivity index is 3.07. The lowest BCUT2D eigenvalue weighted by molar-refractivity contribution is -0.0500. The van der Waals surface area contributed by atoms with Crippen molar-refractivity contribution >= 4 is 21.7 Å². The van der Waals surface area contributed by atoms with Crippen LogP contribution >= 0.6 is 11.6 Å². The fourth-order valence-electron chi connectivity index (χ4n) is 1.36. The summed E-state index contributed by atoms with van der Waals surface area (Å²) in [6.45, 7) is 1.90. The van der Waals surface area contributed by atoms with Crippen molar-refractivity contribution in [2.24, 2.45) is 0 Å². The Hall–Kier alpha value is -0.950. The Morgan fingerprint density at radius 3 is 2.47 bits per heavy atom. The smallest absolute Gasteiger partial charge is 0.376 e. The highest BCUT2D eigenvalue weighted by Gasteiger charge is 2.48. The second-order valence-corrected chi connectivity index (χ2v) is 5.81. The molecule has 1 aromatic carbocycles. The van der Waals surface area contributed by atoms with Crippen LogP contribution in [0.25, 0.3) is 0 Å². The Labute approximate surface area is 114 Å². The minimum atomic E-state index is -5.65. The second kappa shape index (κ2) is 6.00. The van der Waals surface area contributed by atoms with Crippen molar-refractivity contribution in [3.8, 4) is 5.75 Å². The van der Waals surface area contributed by atoms with Crippen molar-refractivity contribution < 1.29 is 25.8 Å². The normalized spacial score (nSPS) is 12.5. The molecule has 0 saturated carbocycles. The van der Waals surface area contributed by atoms with Gasteiger partial charge in [-0.2, -0.15) is 21.6 Å². The zero-order chi connectivity index (χ0) is 14.7. The lowest BCUT2D eigenvalue weighted by Gasteiger charge is -2.13. The Kier molecular flexibility index (Phi) is 5.09. The fraction of sp³-hybridized carbons (Fsp3) is 0.455. The average molecular weight is 317 g/mol. The summed E-state index contributed by atoms with van der Waals surface area (Å²) in [6, 6.07) is 3.80. The molecular weight excluding hydrogens is 305 g/mol. The van der Waals surface area contributed by atoms with Crippen LogP contribution < -0.4 is 4.18 Å². The van der Waals surface area contributed by atoms with E-state index in [1.807, 2.05) is 6.92 Å². The van der Waals surface area contributed by atoms with E-state index in [4.69, 9.17) is 11.6 Å². The Bertz CT molecular complexity index is 541. The summed E-state index contributed by atoms with van der Waals surface area (Å²) in [5, 5.41) is 0.308. The van der Waals surface area contributed by atoms with Gasteiger partial charge in [-0.05, 0) is 36.6 Å². The molecule has 0 heterocycles. The number of rotatable bonds is 5. The highest BCUT2D eigenvalue weighted by Crippen LogP contribution is 2.31. The van der Waals surface area contributed by atoms with Gasteiger partial charge in [-0.25, -0.2) is 0 Å². The minimum Gasteiger partial charge on any atom is -0.376 e. The molecule has 3 nitrogen and oxygen atoms in total. The Morgan fingerprint density at radius 1 is 1.32 bits per heavy atom. The van der Waals surface area contributed by atoms with E-state index in [-0.39, 0.29) is 5.75 Å². The molecule has 0 aromatic heterocycles. The van der Waals surface area contributed by atoms with Crippen molar-refractivity contribution in [1.82, 2.24) is 0 Å². The molecular formula is C11H12ClF3O3S. The first-order chi connectivity index (χ1) is 8.67. The van der Waals surface area contributed by atoms with Gasteiger partial charge in [-0.15, -0.1) is 0 Å². The molecule has 0 aliphatic carbocycles. The van der Waals surface area contributed by atoms with Gasteiger partial charge in [0.25, 0.3) is 0 Å². The molecule has 0 unspecified atom stereocenters. The molecule has 0 aliphatic rings. The summed E-state index contributed by atoms with van der Waals surface area (Å²) in [5.74, 6) is -0.338. The van der Waals surface area contributed by atoms with Gasteiger partial charge in [0.15, 0.2) is 0 Å². The molecule has 0 fully saturated rings. The number of hydrogen-bond acceptors (Lipinski definition) is 3. The molecule has 19 heavy (non-hydrogen) atoms. The van der Waals surface area contributed by atoms with Crippen molar-refractivity contribution in [1.29, 1.82) is 0 Å². The third-order valence-electron chi connectivity index (χ3n) is 2.31. The second-order valence-electron chi connectivity index (χ2n) is 3.84. The van der Waals surface area contributed by atoms with Crippen LogP contribution in [0.4, 0.5) is 13.2 Å². The van der Waals surface area contributed by atoms with E-state index in [2.05, 4.69) is 4.18 Å². The van der Waals surface area contributed by atoms with E-state index in [0.717, 1.165) is 12.5 Å². The molecule has 0 amide bonds. The third-order valence-corrected chi connectivity index (χ3v) is 3.51. The van der Waals surface area contributed by atoms with Crippen LogP contribution in [0.15, 0.2) is 18.2 Å². The van der Waals surface area contributed by atoms with Gasteiger partial charge in [-0.1, -0.05) is 24.9 Å². The van der Waals surface area contributed by atoms with Crippen LogP contribution in [-0.2, 0) is 16.5 Å². The van der Waals surface area contributed by atoms with Crippen molar-refractivity contribution in [2.45, 2.75) is 31.7 Å². The van der Waals surface area contributed by atoms with E-state index in [1.165, 1.54) is 12.1 Å². The van der Waals surface area contributed by atoms with Crippen LogP contribution in [0.1, 0.15) is 25.3 Å². The lowest BCUT2D eigenvalue weighted by Crippen LogP contribution is -2.28. The number of unbranched alkanes of at least 4 members (excludes halogenated alkanes) is 1. The summed E-state index contributed by atoms with van der Waals surface area (Å²) in [7, 11) is -5.65. The van der Waals surface area contributed by atoms with Gasteiger partial charge in [0.05, 0.1) is 0 Å². The number of halogens is 4. The topological polar surface area (TPSA) is 43.4 Å². The quantitative estimate of drug-likeness (QED) is 0.611. The van der Waals surface area contributed by atoms with Gasteiger partial charge >= 0.3 is 15.6 Å².